The van der Waals surface area contributed by atoms with E-state index in [-0.39, 0.29) is 0 Å². The highest BCUT2D eigenvalue weighted by Gasteiger charge is 2.12. The van der Waals surface area contributed by atoms with Crippen LogP contribution in [0.4, 0.5) is 0 Å². The van der Waals surface area contributed by atoms with Gasteiger partial charge < -0.3 is 9.47 Å². The van der Waals surface area contributed by atoms with Crippen molar-refractivity contribution in [3.8, 4) is 11.5 Å². The summed E-state index contributed by atoms with van der Waals surface area (Å²) in [6, 6.07) is 13.8. The van der Waals surface area contributed by atoms with Gasteiger partial charge in [-0.25, -0.2) is 0 Å². The van der Waals surface area contributed by atoms with Crippen molar-refractivity contribution in [3.63, 3.8) is 0 Å². The van der Waals surface area contributed by atoms with Crippen LogP contribution in [0.1, 0.15) is 11.1 Å². The van der Waals surface area contributed by atoms with Gasteiger partial charge in [0.25, 0.3) is 0 Å². The molecule has 2 aromatic carbocycles. The lowest BCUT2D eigenvalue weighted by Crippen LogP contribution is -2.00. The maximum atomic E-state index is 5.96. The fraction of sp³-hybridized carbons (Fsp3) is 0.200. The molecule has 2 nitrogen and oxygen atoms in total. The van der Waals surface area contributed by atoms with E-state index in [0.717, 1.165) is 15.6 Å². The number of hydrogen-bond donors (Lipinski definition) is 0. The first-order valence-electron chi connectivity index (χ1n) is 5.83. The molecule has 0 aromatic heterocycles. The van der Waals surface area contributed by atoms with Crippen LogP contribution >= 0.6 is 27.5 Å². The lowest BCUT2D eigenvalue weighted by Gasteiger charge is -2.14. The third-order valence-corrected chi connectivity index (χ3v) is 3.43. The second-order valence-electron chi connectivity index (χ2n) is 4.00. The molecule has 0 saturated carbocycles. The van der Waals surface area contributed by atoms with Crippen molar-refractivity contribution in [1.82, 2.24) is 0 Å². The average molecular weight is 342 g/mol. The first kappa shape index (κ1) is 14.2. The van der Waals surface area contributed by atoms with Crippen LogP contribution in [0.15, 0.2) is 46.9 Å². The van der Waals surface area contributed by atoms with E-state index in [1.54, 1.807) is 7.11 Å². The van der Waals surface area contributed by atoms with Crippen molar-refractivity contribution in [1.29, 1.82) is 0 Å². The smallest absolute Gasteiger partial charge is 0.166 e. The van der Waals surface area contributed by atoms with Gasteiger partial charge in [-0.15, -0.1) is 11.6 Å². The molecular formula is C15H14BrClO2. The van der Waals surface area contributed by atoms with Crippen LogP contribution in [0.5, 0.6) is 11.5 Å². The van der Waals surface area contributed by atoms with Crippen molar-refractivity contribution < 1.29 is 9.47 Å². The first-order chi connectivity index (χ1) is 9.24. The van der Waals surface area contributed by atoms with E-state index < -0.39 is 0 Å². The Morgan fingerprint density at radius 1 is 1.16 bits per heavy atom. The molecule has 0 unspecified atom stereocenters. The summed E-state index contributed by atoms with van der Waals surface area (Å²) in [5, 5.41) is 0. The topological polar surface area (TPSA) is 18.5 Å². The number of alkyl halides is 1. The van der Waals surface area contributed by atoms with Gasteiger partial charge in [0.1, 0.15) is 6.61 Å². The third kappa shape index (κ3) is 3.64. The van der Waals surface area contributed by atoms with Crippen LogP contribution in [0.2, 0.25) is 0 Å². The molecule has 0 N–H and O–H groups in total. The zero-order valence-corrected chi connectivity index (χ0v) is 12.9. The molecule has 0 fully saturated rings. The molecule has 0 radical (unpaired) electrons. The second-order valence-corrected chi connectivity index (χ2v) is 5.19. The van der Waals surface area contributed by atoms with Crippen LogP contribution in [-0.2, 0) is 12.5 Å². The van der Waals surface area contributed by atoms with Gasteiger partial charge in [0.2, 0.25) is 0 Å². The van der Waals surface area contributed by atoms with Crippen molar-refractivity contribution in [2.75, 3.05) is 7.11 Å². The van der Waals surface area contributed by atoms with E-state index in [9.17, 15) is 0 Å². The molecule has 0 atom stereocenters. The van der Waals surface area contributed by atoms with E-state index in [1.807, 2.05) is 42.5 Å². The Morgan fingerprint density at radius 3 is 2.53 bits per heavy atom. The minimum Gasteiger partial charge on any atom is -0.493 e. The Balaban J connectivity index is 2.23. The first-order valence-corrected chi connectivity index (χ1v) is 7.16. The van der Waals surface area contributed by atoms with Gasteiger partial charge in [-0.2, -0.15) is 0 Å². The van der Waals surface area contributed by atoms with Crippen molar-refractivity contribution in [3.05, 3.63) is 58.1 Å². The quantitative estimate of drug-likeness (QED) is 0.729. The number of ether oxygens (including phenoxy) is 2. The van der Waals surface area contributed by atoms with E-state index in [0.29, 0.717) is 24.0 Å². The number of methoxy groups -OCH3 is 1. The van der Waals surface area contributed by atoms with Gasteiger partial charge in [-0.05, 0) is 17.7 Å². The minimum atomic E-state index is 0.375. The Hall–Kier alpha value is -1.19. The molecule has 0 heterocycles. The highest BCUT2D eigenvalue weighted by atomic mass is 79.9. The van der Waals surface area contributed by atoms with Gasteiger partial charge in [0.05, 0.1) is 13.0 Å². The molecule has 0 spiro atoms. The maximum absolute atomic E-state index is 5.96. The Bertz CT molecular complexity index is 518. The van der Waals surface area contributed by atoms with Crippen LogP contribution in [-0.4, -0.2) is 7.11 Å². The van der Waals surface area contributed by atoms with Crippen molar-refractivity contribution >= 4 is 27.5 Å². The summed E-state index contributed by atoms with van der Waals surface area (Å²) in [7, 11) is 1.62. The molecular weight excluding hydrogens is 328 g/mol. The minimum absolute atomic E-state index is 0.375. The molecule has 0 aliphatic heterocycles. The van der Waals surface area contributed by atoms with Gasteiger partial charge in [0.15, 0.2) is 11.5 Å². The fourth-order valence-electron chi connectivity index (χ4n) is 1.77. The summed E-state index contributed by atoms with van der Waals surface area (Å²) in [5.74, 6) is 1.76. The summed E-state index contributed by atoms with van der Waals surface area (Å²) in [6.07, 6.45) is 0. The van der Waals surface area contributed by atoms with E-state index in [4.69, 9.17) is 21.1 Å². The molecule has 0 saturated heterocycles. The van der Waals surface area contributed by atoms with Gasteiger partial charge >= 0.3 is 0 Å². The standard InChI is InChI=1S/C15H14BrClO2/c1-18-14-8-13(16)7-12(9-17)15(14)19-10-11-5-3-2-4-6-11/h2-8H,9-10H2,1H3. The molecule has 2 rings (SSSR count). The molecule has 100 valence electrons. The van der Waals surface area contributed by atoms with E-state index >= 15 is 0 Å². The monoisotopic (exact) mass is 340 g/mol. The van der Waals surface area contributed by atoms with Crippen LogP contribution in [0.25, 0.3) is 0 Å². The largest absolute Gasteiger partial charge is 0.493 e. The van der Waals surface area contributed by atoms with Gasteiger partial charge in [0, 0.05) is 10.0 Å². The zero-order valence-electron chi connectivity index (χ0n) is 10.5. The lowest BCUT2D eigenvalue weighted by molar-refractivity contribution is 0.282. The molecule has 4 heteroatoms. The summed E-state index contributed by atoms with van der Waals surface area (Å²) in [5.41, 5.74) is 2.01. The van der Waals surface area contributed by atoms with E-state index in [2.05, 4.69) is 15.9 Å². The molecule has 0 bridgehead atoms. The average Bonchev–Trinajstić information content (AvgIpc) is 2.46. The molecule has 0 aliphatic carbocycles. The fourth-order valence-corrected chi connectivity index (χ4v) is 2.45. The summed E-state index contributed by atoms with van der Waals surface area (Å²) < 4.78 is 12.1. The van der Waals surface area contributed by atoms with Crippen molar-refractivity contribution in [2.24, 2.45) is 0 Å². The van der Waals surface area contributed by atoms with E-state index in [1.165, 1.54) is 0 Å². The van der Waals surface area contributed by atoms with Crippen LogP contribution < -0.4 is 9.47 Å². The van der Waals surface area contributed by atoms with Gasteiger partial charge in [-0.3, -0.25) is 0 Å². The molecule has 2 aromatic rings. The number of hydrogen-bond acceptors (Lipinski definition) is 2. The second kappa shape index (κ2) is 6.83. The highest BCUT2D eigenvalue weighted by molar-refractivity contribution is 9.10. The summed E-state index contributed by atoms with van der Waals surface area (Å²) in [6.45, 7) is 0.489. The molecule has 0 aliphatic rings. The summed E-state index contributed by atoms with van der Waals surface area (Å²) >= 11 is 9.39. The molecule has 0 amide bonds. The Morgan fingerprint density at radius 2 is 1.89 bits per heavy atom. The lowest BCUT2D eigenvalue weighted by atomic mass is 10.2. The highest BCUT2D eigenvalue weighted by Crippen LogP contribution is 2.36. The number of rotatable bonds is 5. The van der Waals surface area contributed by atoms with Crippen molar-refractivity contribution in [2.45, 2.75) is 12.5 Å². The van der Waals surface area contributed by atoms with Crippen LogP contribution in [0.3, 0.4) is 0 Å². The van der Waals surface area contributed by atoms with Crippen LogP contribution in [0, 0.1) is 0 Å². The van der Waals surface area contributed by atoms with Gasteiger partial charge in [-0.1, -0.05) is 46.3 Å². The molecule has 19 heavy (non-hydrogen) atoms. The Labute approximate surface area is 126 Å². The maximum Gasteiger partial charge on any atom is 0.166 e. The predicted molar refractivity (Wildman–Crippen MR) is 81.0 cm³/mol. The number of benzene rings is 2. The Kier molecular flexibility index (Phi) is 5.11. The summed E-state index contributed by atoms with van der Waals surface area (Å²) in [4.78, 5) is 0. The number of halogens is 2. The third-order valence-electron chi connectivity index (χ3n) is 2.69. The zero-order chi connectivity index (χ0) is 13.7. The predicted octanol–water partition coefficient (Wildman–Crippen LogP) is 4.78. The normalized spacial score (nSPS) is 10.3. The SMILES string of the molecule is COc1cc(Br)cc(CCl)c1OCc1ccccc1.